The van der Waals surface area contributed by atoms with Crippen LogP contribution in [0.2, 0.25) is 0 Å². The zero-order valence-electron chi connectivity index (χ0n) is 16.9. The van der Waals surface area contributed by atoms with E-state index in [2.05, 4.69) is 41.8 Å². The van der Waals surface area contributed by atoms with Crippen molar-refractivity contribution in [3.05, 3.63) is 41.5 Å². The van der Waals surface area contributed by atoms with Gasteiger partial charge in [-0.1, -0.05) is 40.9 Å². The summed E-state index contributed by atoms with van der Waals surface area (Å²) in [4.78, 5) is 14.7. The van der Waals surface area contributed by atoms with E-state index in [0.717, 1.165) is 53.2 Å². The molecule has 0 unspecified atom stereocenters. The molecule has 29 heavy (non-hydrogen) atoms. The highest BCUT2D eigenvalue weighted by Gasteiger charge is 2.23. The highest BCUT2D eigenvalue weighted by Crippen LogP contribution is 2.36. The smallest absolute Gasteiger partial charge is 0.186 e. The van der Waals surface area contributed by atoms with E-state index in [9.17, 15) is 0 Å². The molecule has 0 saturated carbocycles. The van der Waals surface area contributed by atoms with Crippen LogP contribution in [0.1, 0.15) is 18.1 Å². The number of benzene rings is 2. The number of ether oxygens (including phenoxy) is 1. The molecule has 7 heteroatoms. The maximum Gasteiger partial charge on any atom is 0.186 e. The minimum atomic E-state index is 0.658. The van der Waals surface area contributed by atoms with Gasteiger partial charge in [0, 0.05) is 26.2 Å². The van der Waals surface area contributed by atoms with Gasteiger partial charge in [0.2, 0.25) is 0 Å². The van der Waals surface area contributed by atoms with Gasteiger partial charge in [0.15, 0.2) is 10.3 Å². The van der Waals surface area contributed by atoms with Gasteiger partial charge in [-0.15, -0.1) is 0 Å². The van der Waals surface area contributed by atoms with Crippen molar-refractivity contribution in [3.63, 3.8) is 0 Å². The quantitative estimate of drug-likeness (QED) is 0.448. The number of para-hydroxylation sites is 1. The summed E-state index contributed by atoms with van der Waals surface area (Å²) in [6.07, 6.45) is 0. The van der Waals surface area contributed by atoms with Gasteiger partial charge < -0.3 is 14.5 Å². The van der Waals surface area contributed by atoms with E-state index in [4.69, 9.17) is 14.7 Å². The minimum Gasteiger partial charge on any atom is -0.492 e. The first-order valence-corrected chi connectivity index (χ1v) is 11.7. The first kappa shape index (κ1) is 18.6. The molecular weight excluding hydrogens is 400 g/mol. The van der Waals surface area contributed by atoms with E-state index >= 15 is 0 Å². The van der Waals surface area contributed by atoms with E-state index in [1.54, 1.807) is 11.3 Å². The highest BCUT2D eigenvalue weighted by molar-refractivity contribution is 7.22. The topological polar surface area (TPSA) is 41.5 Å². The fourth-order valence-corrected chi connectivity index (χ4v) is 5.99. The molecule has 1 aliphatic heterocycles. The lowest BCUT2D eigenvalue weighted by Gasteiger charge is -2.34. The maximum atomic E-state index is 5.75. The fraction of sp³-hybridized carbons (Fsp3) is 0.364. The third-order valence-electron chi connectivity index (χ3n) is 5.42. The van der Waals surface area contributed by atoms with Crippen LogP contribution >= 0.6 is 22.7 Å². The molecule has 2 aromatic carbocycles. The molecule has 0 N–H and O–H groups in total. The molecule has 1 fully saturated rings. The molecule has 1 aliphatic rings. The number of thiazole rings is 2. The van der Waals surface area contributed by atoms with Gasteiger partial charge in [-0.05, 0) is 44.0 Å². The molecule has 0 bridgehead atoms. The van der Waals surface area contributed by atoms with Crippen molar-refractivity contribution in [1.82, 2.24) is 9.97 Å². The number of fused-ring (bicyclic) bond motifs is 2. The molecule has 5 rings (SSSR count). The van der Waals surface area contributed by atoms with Gasteiger partial charge in [0.1, 0.15) is 11.3 Å². The number of rotatable bonds is 4. The van der Waals surface area contributed by atoms with Crippen LogP contribution in [0, 0.1) is 13.8 Å². The van der Waals surface area contributed by atoms with Crippen LogP contribution in [-0.4, -0.2) is 42.8 Å². The SMILES string of the molecule is CCOc1cccc2sc(N3CCN(c4nc5c(C)ccc(C)c5s4)CC3)nc12. The van der Waals surface area contributed by atoms with Crippen molar-refractivity contribution < 1.29 is 4.74 Å². The minimum absolute atomic E-state index is 0.658. The Balaban J connectivity index is 1.35. The van der Waals surface area contributed by atoms with E-state index < -0.39 is 0 Å². The number of aromatic nitrogens is 2. The van der Waals surface area contributed by atoms with Crippen LogP contribution < -0.4 is 14.5 Å². The van der Waals surface area contributed by atoms with Crippen LogP contribution in [0.5, 0.6) is 5.75 Å². The maximum absolute atomic E-state index is 5.75. The predicted molar refractivity (Wildman–Crippen MR) is 124 cm³/mol. The van der Waals surface area contributed by atoms with Gasteiger partial charge >= 0.3 is 0 Å². The zero-order valence-corrected chi connectivity index (χ0v) is 18.6. The van der Waals surface area contributed by atoms with Crippen molar-refractivity contribution in [2.45, 2.75) is 20.8 Å². The Morgan fingerprint density at radius 3 is 2.21 bits per heavy atom. The molecule has 0 spiro atoms. The summed E-state index contributed by atoms with van der Waals surface area (Å²) >= 11 is 3.57. The van der Waals surface area contributed by atoms with Crippen molar-refractivity contribution in [3.8, 4) is 5.75 Å². The molecule has 0 amide bonds. The Morgan fingerprint density at radius 1 is 0.862 bits per heavy atom. The van der Waals surface area contributed by atoms with Gasteiger partial charge in [0.25, 0.3) is 0 Å². The Hall–Kier alpha value is -2.38. The van der Waals surface area contributed by atoms with Crippen LogP contribution in [0.4, 0.5) is 10.3 Å². The second kappa shape index (κ2) is 7.46. The molecule has 4 aromatic rings. The highest BCUT2D eigenvalue weighted by atomic mass is 32.1. The number of anilines is 2. The molecule has 150 valence electrons. The zero-order chi connectivity index (χ0) is 20.0. The van der Waals surface area contributed by atoms with E-state index in [1.165, 1.54) is 20.5 Å². The lowest BCUT2D eigenvalue weighted by atomic mass is 10.1. The third kappa shape index (κ3) is 3.32. The summed E-state index contributed by atoms with van der Waals surface area (Å²) < 4.78 is 8.26. The van der Waals surface area contributed by atoms with Crippen molar-refractivity contribution in [2.24, 2.45) is 0 Å². The molecular formula is C22H24N4OS2. The normalized spacial score (nSPS) is 14.9. The van der Waals surface area contributed by atoms with E-state index in [0.29, 0.717) is 6.61 Å². The molecule has 3 heterocycles. The average molecular weight is 425 g/mol. The Morgan fingerprint density at radius 2 is 1.52 bits per heavy atom. The number of nitrogens with zero attached hydrogens (tertiary/aromatic N) is 4. The summed E-state index contributed by atoms with van der Waals surface area (Å²) in [5.41, 5.74) is 4.70. The first-order chi connectivity index (χ1) is 14.1. The number of piperazine rings is 1. The van der Waals surface area contributed by atoms with Gasteiger partial charge in [0.05, 0.1) is 21.5 Å². The van der Waals surface area contributed by atoms with Crippen LogP contribution in [0.25, 0.3) is 20.4 Å². The molecule has 0 atom stereocenters. The van der Waals surface area contributed by atoms with Crippen LogP contribution in [-0.2, 0) is 0 Å². The fourth-order valence-electron chi connectivity index (χ4n) is 3.79. The molecule has 2 aromatic heterocycles. The molecule has 5 nitrogen and oxygen atoms in total. The number of aryl methyl sites for hydroxylation is 2. The second-order valence-electron chi connectivity index (χ2n) is 7.38. The summed E-state index contributed by atoms with van der Waals surface area (Å²) in [6, 6.07) is 10.5. The lowest BCUT2D eigenvalue weighted by Crippen LogP contribution is -2.46. The Labute approximate surface area is 178 Å². The Bertz CT molecular complexity index is 1140. The van der Waals surface area contributed by atoms with Crippen molar-refractivity contribution >= 4 is 53.4 Å². The standard InChI is InChI=1S/C22H24N4OS2/c1-4-27-16-6-5-7-17-19(16)24-21(28-17)25-10-12-26(13-11-25)22-23-18-14(2)8-9-15(3)20(18)29-22/h5-9H,4,10-13H2,1-3H3. The number of hydrogen-bond donors (Lipinski definition) is 0. The molecule has 0 radical (unpaired) electrons. The second-order valence-corrected chi connectivity index (χ2v) is 9.37. The van der Waals surface area contributed by atoms with Crippen LogP contribution in [0.15, 0.2) is 30.3 Å². The number of hydrogen-bond acceptors (Lipinski definition) is 7. The van der Waals surface area contributed by atoms with E-state index in [-0.39, 0.29) is 0 Å². The molecule has 1 saturated heterocycles. The molecule has 0 aliphatic carbocycles. The van der Waals surface area contributed by atoms with Crippen molar-refractivity contribution in [1.29, 1.82) is 0 Å². The largest absolute Gasteiger partial charge is 0.492 e. The monoisotopic (exact) mass is 424 g/mol. The van der Waals surface area contributed by atoms with Gasteiger partial charge in [-0.2, -0.15) is 0 Å². The Kier molecular flexibility index (Phi) is 4.80. The summed E-state index contributed by atoms with van der Waals surface area (Å²) in [7, 11) is 0. The summed E-state index contributed by atoms with van der Waals surface area (Å²) in [6.45, 7) is 10.8. The van der Waals surface area contributed by atoms with Crippen LogP contribution in [0.3, 0.4) is 0 Å². The third-order valence-corrected chi connectivity index (χ3v) is 7.76. The summed E-state index contributed by atoms with van der Waals surface area (Å²) in [5, 5.41) is 2.22. The summed E-state index contributed by atoms with van der Waals surface area (Å²) in [5.74, 6) is 0.881. The predicted octanol–water partition coefficient (Wildman–Crippen LogP) is 5.25. The average Bonchev–Trinajstić information content (AvgIpc) is 3.37. The van der Waals surface area contributed by atoms with Gasteiger partial charge in [-0.25, -0.2) is 9.97 Å². The lowest BCUT2D eigenvalue weighted by molar-refractivity contribution is 0.344. The van der Waals surface area contributed by atoms with Crippen molar-refractivity contribution in [2.75, 3.05) is 42.6 Å². The van der Waals surface area contributed by atoms with E-state index in [1.807, 2.05) is 30.4 Å². The first-order valence-electron chi connectivity index (χ1n) is 10.0. The van der Waals surface area contributed by atoms with Gasteiger partial charge in [-0.3, -0.25) is 0 Å².